The number of rotatable bonds is 6. The van der Waals surface area contributed by atoms with Crippen LogP contribution in [0.1, 0.15) is 12.6 Å². The first kappa shape index (κ1) is 19.9. The molecule has 2 aromatic rings. The van der Waals surface area contributed by atoms with Crippen molar-refractivity contribution in [2.24, 2.45) is 0 Å². The van der Waals surface area contributed by atoms with Gasteiger partial charge in [0.05, 0.1) is 12.3 Å². The number of hydrogen-bond donors (Lipinski definition) is 2. The quantitative estimate of drug-likeness (QED) is 0.541. The third-order valence-corrected chi connectivity index (χ3v) is 4.70. The largest absolute Gasteiger partial charge is 0.750 e. The Bertz CT molecular complexity index is 1030. The second-order valence-electron chi connectivity index (χ2n) is 5.95. The fraction of sp³-hybridized carbons (Fsp3) is 0.294. The number of terminal acetylenes is 1. The molecule has 28 heavy (non-hydrogen) atoms. The van der Waals surface area contributed by atoms with Crippen molar-refractivity contribution >= 4 is 8.25 Å². The fourth-order valence-corrected chi connectivity index (χ4v) is 3.32. The highest BCUT2D eigenvalue weighted by Crippen LogP contribution is 2.38. The van der Waals surface area contributed by atoms with Gasteiger partial charge in [-0.1, -0.05) is 24.1 Å². The van der Waals surface area contributed by atoms with Crippen LogP contribution in [-0.4, -0.2) is 33.0 Å². The number of aliphatic hydroxyl groups is 1. The Morgan fingerprint density at radius 2 is 2.14 bits per heavy atom. The first-order valence-corrected chi connectivity index (χ1v) is 9.11. The van der Waals surface area contributed by atoms with Crippen molar-refractivity contribution < 1.29 is 27.8 Å². The van der Waals surface area contributed by atoms with Crippen molar-refractivity contribution in [3.63, 3.8) is 0 Å². The number of halogens is 1. The average Bonchev–Trinajstić information content (AvgIpc) is 3.01. The van der Waals surface area contributed by atoms with E-state index in [1.165, 1.54) is 0 Å². The van der Waals surface area contributed by atoms with E-state index in [9.17, 15) is 23.7 Å². The Kier molecular flexibility index (Phi) is 5.72. The lowest BCUT2D eigenvalue weighted by molar-refractivity contribution is -0.0727. The summed E-state index contributed by atoms with van der Waals surface area (Å²) in [5.74, 6) is 1.19. The monoisotopic (exact) mass is 409 g/mol. The van der Waals surface area contributed by atoms with Gasteiger partial charge in [0.2, 0.25) is 5.82 Å². The molecule has 1 saturated heterocycles. The Morgan fingerprint density at radius 3 is 2.82 bits per heavy atom. The van der Waals surface area contributed by atoms with Crippen molar-refractivity contribution in [3.05, 3.63) is 63.2 Å². The number of nitrogens with one attached hydrogen (secondary N) is 1. The summed E-state index contributed by atoms with van der Waals surface area (Å²) in [7, 11) is -2.53. The van der Waals surface area contributed by atoms with Crippen molar-refractivity contribution in [2.45, 2.75) is 24.4 Å². The van der Waals surface area contributed by atoms with E-state index in [-0.39, 0.29) is 13.0 Å². The maximum absolute atomic E-state index is 13.6. The SMILES string of the molecule is C#CC1(O)CC(CO[P+](=O)Oc2ccccc2)OC1n1cc(F)c(=O)[nH]c1=O. The molecule has 0 radical (unpaired) electrons. The van der Waals surface area contributed by atoms with Gasteiger partial charge in [0, 0.05) is 11.0 Å². The van der Waals surface area contributed by atoms with E-state index < -0.39 is 43.3 Å². The summed E-state index contributed by atoms with van der Waals surface area (Å²) < 4.78 is 41.8. The highest BCUT2D eigenvalue weighted by molar-refractivity contribution is 7.33. The maximum atomic E-state index is 13.6. The molecule has 2 heterocycles. The van der Waals surface area contributed by atoms with Crippen molar-refractivity contribution in [1.29, 1.82) is 0 Å². The van der Waals surface area contributed by atoms with Gasteiger partial charge < -0.3 is 9.84 Å². The van der Waals surface area contributed by atoms with Crippen LogP contribution in [0.5, 0.6) is 5.75 Å². The number of H-pyrrole nitrogens is 1. The number of benzene rings is 1. The van der Waals surface area contributed by atoms with E-state index in [4.69, 9.17) is 20.2 Å². The van der Waals surface area contributed by atoms with Crippen LogP contribution in [0.15, 0.2) is 46.1 Å². The number of para-hydroxylation sites is 1. The van der Waals surface area contributed by atoms with Gasteiger partial charge in [0.25, 0.3) is 5.56 Å². The minimum Gasteiger partial charge on any atom is -0.373 e. The molecular formula is C17H15FN2O7P+. The third-order valence-electron chi connectivity index (χ3n) is 3.98. The molecule has 146 valence electrons. The Hall–Kier alpha value is -2.83. The Labute approximate surface area is 158 Å². The van der Waals surface area contributed by atoms with Gasteiger partial charge in [-0.05, 0) is 12.1 Å². The average molecular weight is 409 g/mol. The molecule has 4 unspecified atom stereocenters. The molecule has 0 saturated carbocycles. The van der Waals surface area contributed by atoms with Crippen LogP contribution in [0.25, 0.3) is 0 Å². The lowest BCUT2D eigenvalue weighted by Gasteiger charge is -2.24. The maximum Gasteiger partial charge on any atom is 0.750 e. The predicted molar refractivity (Wildman–Crippen MR) is 94.2 cm³/mol. The second kappa shape index (κ2) is 8.04. The second-order valence-corrected chi connectivity index (χ2v) is 6.84. The summed E-state index contributed by atoms with van der Waals surface area (Å²) in [6.07, 6.45) is 3.42. The summed E-state index contributed by atoms with van der Waals surface area (Å²) in [4.78, 5) is 24.9. The van der Waals surface area contributed by atoms with Gasteiger partial charge in [0.1, 0.15) is 6.61 Å². The molecule has 1 fully saturated rings. The molecule has 9 nitrogen and oxygen atoms in total. The Morgan fingerprint density at radius 1 is 1.43 bits per heavy atom. The molecule has 2 N–H and O–H groups in total. The highest BCUT2D eigenvalue weighted by Gasteiger charge is 2.49. The standard InChI is InChI=1S/C17H14FN2O7P/c1-2-17(23)8-12(10-25-28(24)27-11-6-4-3-5-7-11)26-15(17)20-9-13(18)14(21)19-16(20)22/h1,3-7,9,12,15,23H,8,10H2/p+1. The summed E-state index contributed by atoms with van der Waals surface area (Å²) >= 11 is 0. The number of nitrogens with zero attached hydrogens (tertiary/aromatic N) is 1. The summed E-state index contributed by atoms with van der Waals surface area (Å²) in [6, 6.07) is 8.32. The minimum atomic E-state index is -2.53. The fourth-order valence-electron chi connectivity index (χ4n) is 2.69. The molecule has 0 amide bonds. The predicted octanol–water partition coefficient (Wildman–Crippen LogP) is 1.08. The number of hydrogen-bond acceptors (Lipinski definition) is 7. The minimum absolute atomic E-state index is 0.185. The van der Waals surface area contributed by atoms with Crippen LogP contribution in [0, 0.1) is 18.2 Å². The van der Waals surface area contributed by atoms with Crippen LogP contribution in [0.3, 0.4) is 0 Å². The van der Waals surface area contributed by atoms with Gasteiger partial charge in [-0.2, -0.15) is 4.39 Å². The van der Waals surface area contributed by atoms with E-state index in [0.29, 0.717) is 16.5 Å². The van der Waals surface area contributed by atoms with Gasteiger partial charge in [-0.15, -0.1) is 10.9 Å². The number of ether oxygens (including phenoxy) is 1. The van der Waals surface area contributed by atoms with Crippen LogP contribution in [0.4, 0.5) is 4.39 Å². The molecule has 1 aliphatic heterocycles. The van der Waals surface area contributed by atoms with E-state index in [0.717, 1.165) is 0 Å². The summed E-state index contributed by atoms with van der Waals surface area (Å²) in [5, 5.41) is 10.6. The Balaban J connectivity index is 1.70. The molecule has 0 aliphatic carbocycles. The first-order valence-electron chi connectivity index (χ1n) is 8.02. The normalized spacial score (nSPS) is 24.5. The van der Waals surface area contributed by atoms with Gasteiger partial charge in [0.15, 0.2) is 17.6 Å². The van der Waals surface area contributed by atoms with Crippen molar-refractivity contribution in [2.75, 3.05) is 6.61 Å². The van der Waals surface area contributed by atoms with Crippen LogP contribution in [-0.2, 0) is 13.8 Å². The topological polar surface area (TPSA) is 120 Å². The zero-order valence-electron chi connectivity index (χ0n) is 14.3. The van der Waals surface area contributed by atoms with E-state index in [2.05, 4.69) is 5.92 Å². The summed E-state index contributed by atoms with van der Waals surface area (Å²) in [5.41, 5.74) is -4.20. The number of aromatic nitrogens is 2. The van der Waals surface area contributed by atoms with E-state index >= 15 is 0 Å². The lowest BCUT2D eigenvalue weighted by Crippen LogP contribution is -2.42. The van der Waals surface area contributed by atoms with Crippen LogP contribution < -0.4 is 15.8 Å². The zero-order valence-corrected chi connectivity index (χ0v) is 15.2. The van der Waals surface area contributed by atoms with Gasteiger partial charge in [-0.25, -0.2) is 9.32 Å². The molecule has 1 aromatic heterocycles. The van der Waals surface area contributed by atoms with Crippen molar-refractivity contribution in [1.82, 2.24) is 9.55 Å². The van der Waals surface area contributed by atoms with Gasteiger partial charge in [-0.3, -0.25) is 14.3 Å². The highest BCUT2D eigenvalue weighted by atomic mass is 31.1. The molecule has 0 spiro atoms. The molecule has 4 atom stereocenters. The van der Waals surface area contributed by atoms with Gasteiger partial charge >= 0.3 is 13.9 Å². The van der Waals surface area contributed by atoms with Crippen LogP contribution in [0.2, 0.25) is 0 Å². The van der Waals surface area contributed by atoms with E-state index in [1.54, 1.807) is 35.3 Å². The van der Waals surface area contributed by atoms with Crippen LogP contribution >= 0.6 is 8.25 Å². The van der Waals surface area contributed by atoms with E-state index in [1.807, 2.05) is 0 Å². The zero-order chi connectivity index (χ0) is 20.3. The third kappa shape index (κ3) is 4.18. The molecule has 1 aliphatic rings. The molecule has 1 aromatic carbocycles. The van der Waals surface area contributed by atoms with Crippen molar-refractivity contribution in [3.8, 4) is 18.1 Å². The smallest absolute Gasteiger partial charge is 0.373 e. The molecular weight excluding hydrogens is 394 g/mol. The molecule has 11 heteroatoms. The number of aromatic amines is 1. The lowest BCUT2D eigenvalue weighted by atomic mass is 9.99. The summed E-state index contributed by atoms with van der Waals surface area (Å²) in [6.45, 7) is -0.275. The molecule has 3 rings (SSSR count). The molecule has 0 bridgehead atoms. The first-order chi connectivity index (χ1) is 13.3.